The highest BCUT2D eigenvalue weighted by Gasteiger charge is 2.31. The van der Waals surface area contributed by atoms with Crippen molar-refractivity contribution in [1.29, 1.82) is 0 Å². The molecule has 1 aliphatic heterocycles. The summed E-state index contributed by atoms with van der Waals surface area (Å²) >= 11 is 1.19. The molecule has 138 valence electrons. The number of benzene rings is 1. The van der Waals surface area contributed by atoms with Gasteiger partial charge in [-0.15, -0.1) is 11.3 Å². The maximum Gasteiger partial charge on any atom is 0.416 e. The van der Waals surface area contributed by atoms with E-state index in [0.717, 1.165) is 35.7 Å². The summed E-state index contributed by atoms with van der Waals surface area (Å²) in [6, 6.07) is 3.78. The van der Waals surface area contributed by atoms with Crippen LogP contribution in [-0.4, -0.2) is 35.5 Å². The number of nitrogens with one attached hydrogen (secondary N) is 1. The average Bonchev–Trinajstić information content (AvgIpc) is 2.91. The van der Waals surface area contributed by atoms with Gasteiger partial charge in [-0.25, -0.2) is 4.79 Å². The summed E-state index contributed by atoms with van der Waals surface area (Å²) in [6.07, 6.45) is -3.91. The van der Waals surface area contributed by atoms with Crippen LogP contribution in [0.25, 0.3) is 0 Å². The Kier molecular flexibility index (Phi) is 4.76. The molecule has 0 saturated carbocycles. The summed E-state index contributed by atoms with van der Waals surface area (Å²) in [5, 5.41) is 12.3. The second kappa shape index (κ2) is 6.73. The van der Waals surface area contributed by atoms with Gasteiger partial charge in [0, 0.05) is 23.5 Å². The molecule has 3 rings (SSSR count). The van der Waals surface area contributed by atoms with Crippen molar-refractivity contribution in [2.24, 2.45) is 0 Å². The molecule has 1 aromatic heterocycles. The molecule has 0 bridgehead atoms. The third kappa shape index (κ3) is 3.58. The molecule has 2 N–H and O–H groups in total. The topological polar surface area (TPSA) is 69.6 Å². The van der Waals surface area contributed by atoms with Crippen LogP contribution in [-0.2, 0) is 19.1 Å². The Morgan fingerprint density at radius 2 is 1.88 bits per heavy atom. The minimum atomic E-state index is -4.48. The first-order chi connectivity index (χ1) is 12.2. The van der Waals surface area contributed by atoms with Crippen molar-refractivity contribution in [2.45, 2.75) is 19.1 Å². The minimum absolute atomic E-state index is 0.0258. The number of aromatic carboxylic acids is 1. The van der Waals surface area contributed by atoms with E-state index in [1.54, 1.807) is 0 Å². The maximum atomic E-state index is 12.6. The van der Waals surface area contributed by atoms with E-state index in [0.29, 0.717) is 18.5 Å². The van der Waals surface area contributed by atoms with Gasteiger partial charge in [-0.05, 0) is 43.3 Å². The van der Waals surface area contributed by atoms with E-state index in [9.17, 15) is 27.9 Å². The number of hydrogen-bond acceptors (Lipinski definition) is 4. The van der Waals surface area contributed by atoms with E-state index in [4.69, 9.17) is 0 Å². The van der Waals surface area contributed by atoms with Crippen molar-refractivity contribution in [3.63, 3.8) is 0 Å². The van der Waals surface area contributed by atoms with Gasteiger partial charge in [0.2, 0.25) is 0 Å². The zero-order chi connectivity index (χ0) is 19.1. The van der Waals surface area contributed by atoms with Crippen LogP contribution in [0, 0.1) is 0 Å². The fraction of sp³-hybridized carbons (Fsp3) is 0.294. The smallest absolute Gasteiger partial charge is 0.416 e. The highest BCUT2D eigenvalue weighted by atomic mass is 32.1. The number of carbonyl (C=O) groups is 2. The van der Waals surface area contributed by atoms with Crippen LogP contribution in [0.1, 0.15) is 36.7 Å². The molecular formula is C17H15F3N2O3S. The fourth-order valence-electron chi connectivity index (χ4n) is 2.83. The van der Waals surface area contributed by atoms with Gasteiger partial charge in [-0.2, -0.15) is 13.2 Å². The molecule has 26 heavy (non-hydrogen) atoms. The third-order valence-electron chi connectivity index (χ3n) is 4.16. The largest absolute Gasteiger partial charge is 0.478 e. The number of hydrogen-bond donors (Lipinski definition) is 2. The number of nitrogens with zero attached hydrogens (tertiary/aromatic N) is 1. The number of likely N-dealkylation sites (N-methyl/N-ethyl adjacent to an activating group) is 1. The first-order valence-electron chi connectivity index (χ1n) is 7.72. The van der Waals surface area contributed by atoms with Crippen molar-refractivity contribution in [1.82, 2.24) is 4.90 Å². The SMILES string of the molecule is CN1CCc2c(sc(NC(=O)c3ccc(C(F)(F)F)cc3)c2C(=O)O)C1. The molecule has 0 spiro atoms. The summed E-state index contributed by atoms with van der Waals surface area (Å²) < 4.78 is 37.8. The van der Waals surface area contributed by atoms with Gasteiger partial charge in [-0.3, -0.25) is 4.79 Å². The Balaban J connectivity index is 1.87. The highest BCUT2D eigenvalue weighted by molar-refractivity contribution is 7.17. The summed E-state index contributed by atoms with van der Waals surface area (Å²) in [5.74, 6) is -1.78. The number of halogens is 3. The van der Waals surface area contributed by atoms with Gasteiger partial charge in [0.1, 0.15) is 5.00 Å². The second-order valence-electron chi connectivity index (χ2n) is 6.03. The summed E-state index contributed by atoms with van der Waals surface area (Å²) in [4.78, 5) is 26.9. The zero-order valence-electron chi connectivity index (χ0n) is 13.7. The van der Waals surface area contributed by atoms with Crippen LogP contribution >= 0.6 is 11.3 Å². The molecule has 1 aromatic carbocycles. The van der Waals surface area contributed by atoms with Crippen LogP contribution in [0.5, 0.6) is 0 Å². The molecule has 5 nitrogen and oxygen atoms in total. The van der Waals surface area contributed by atoms with Crippen molar-refractivity contribution in [3.8, 4) is 0 Å². The van der Waals surface area contributed by atoms with Crippen molar-refractivity contribution >= 4 is 28.2 Å². The molecule has 0 atom stereocenters. The van der Waals surface area contributed by atoms with Crippen molar-refractivity contribution in [3.05, 3.63) is 51.4 Å². The number of anilines is 1. The highest BCUT2D eigenvalue weighted by Crippen LogP contribution is 2.37. The monoisotopic (exact) mass is 384 g/mol. The van der Waals surface area contributed by atoms with Gasteiger partial charge < -0.3 is 15.3 Å². The van der Waals surface area contributed by atoms with Crippen molar-refractivity contribution < 1.29 is 27.9 Å². The summed E-state index contributed by atoms with van der Waals surface area (Å²) in [5.41, 5.74) is -0.0468. The molecule has 2 aromatic rings. The molecule has 1 aliphatic rings. The number of alkyl halides is 3. The number of amides is 1. The quantitative estimate of drug-likeness (QED) is 0.847. The molecule has 0 saturated heterocycles. The Bertz CT molecular complexity index is 859. The number of thiophene rings is 1. The van der Waals surface area contributed by atoms with E-state index in [-0.39, 0.29) is 16.1 Å². The first kappa shape index (κ1) is 18.4. The van der Waals surface area contributed by atoms with E-state index in [1.165, 1.54) is 11.3 Å². The third-order valence-corrected chi connectivity index (χ3v) is 5.30. The van der Waals surface area contributed by atoms with E-state index in [1.807, 2.05) is 11.9 Å². The van der Waals surface area contributed by atoms with Gasteiger partial charge in [0.15, 0.2) is 0 Å². The van der Waals surface area contributed by atoms with Crippen LogP contribution in [0.15, 0.2) is 24.3 Å². The second-order valence-corrected chi connectivity index (χ2v) is 7.14. The number of carboxylic acid groups (broad SMARTS) is 1. The van der Waals surface area contributed by atoms with Crippen LogP contribution in [0.4, 0.5) is 18.2 Å². The fourth-order valence-corrected chi connectivity index (χ4v) is 4.15. The van der Waals surface area contributed by atoms with Gasteiger partial charge in [0.05, 0.1) is 11.1 Å². The standard InChI is InChI=1S/C17H15F3N2O3S/c1-22-7-6-11-12(8-22)26-15(13(11)16(24)25)21-14(23)9-2-4-10(5-3-9)17(18,19)20/h2-5H,6-8H2,1H3,(H,21,23)(H,24,25). The number of carboxylic acids is 1. The minimum Gasteiger partial charge on any atom is -0.478 e. The lowest BCUT2D eigenvalue weighted by molar-refractivity contribution is -0.137. The van der Waals surface area contributed by atoms with Crippen LogP contribution < -0.4 is 5.32 Å². The Hall–Kier alpha value is -2.39. The molecule has 1 amide bonds. The van der Waals surface area contributed by atoms with E-state index >= 15 is 0 Å². The Labute approximate surface area is 151 Å². The van der Waals surface area contributed by atoms with Crippen LogP contribution in [0.2, 0.25) is 0 Å². The molecular weight excluding hydrogens is 369 g/mol. The molecule has 0 radical (unpaired) electrons. The van der Waals surface area contributed by atoms with E-state index in [2.05, 4.69) is 5.32 Å². The lowest BCUT2D eigenvalue weighted by Gasteiger charge is -2.22. The predicted octanol–water partition coefficient (Wildman–Crippen LogP) is 3.71. The molecule has 2 heterocycles. The normalized spacial score (nSPS) is 14.8. The van der Waals surface area contributed by atoms with Crippen LogP contribution in [0.3, 0.4) is 0 Å². The first-order valence-corrected chi connectivity index (χ1v) is 8.53. The van der Waals surface area contributed by atoms with Gasteiger partial charge in [0.25, 0.3) is 5.91 Å². The molecule has 0 fully saturated rings. The van der Waals surface area contributed by atoms with Gasteiger partial charge in [-0.1, -0.05) is 0 Å². The number of fused-ring (bicyclic) bond motifs is 1. The molecule has 9 heteroatoms. The number of rotatable bonds is 3. The Morgan fingerprint density at radius 1 is 1.23 bits per heavy atom. The zero-order valence-corrected chi connectivity index (χ0v) is 14.5. The number of carbonyl (C=O) groups excluding carboxylic acids is 1. The average molecular weight is 384 g/mol. The van der Waals surface area contributed by atoms with Crippen molar-refractivity contribution in [2.75, 3.05) is 18.9 Å². The maximum absolute atomic E-state index is 12.6. The lowest BCUT2D eigenvalue weighted by Crippen LogP contribution is -2.26. The predicted molar refractivity (Wildman–Crippen MR) is 90.7 cm³/mol. The lowest BCUT2D eigenvalue weighted by atomic mass is 10.0. The van der Waals surface area contributed by atoms with Gasteiger partial charge >= 0.3 is 12.1 Å². The Morgan fingerprint density at radius 3 is 2.46 bits per heavy atom. The molecule has 0 aliphatic carbocycles. The molecule has 0 unspecified atom stereocenters. The van der Waals surface area contributed by atoms with E-state index < -0.39 is 23.6 Å². The summed E-state index contributed by atoms with van der Waals surface area (Å²) in [6.45, 7) is 1.31. The summed E-state index contributed by atoms with van der Waals surface area (Å²) in [7, 11) is 1.92.